The number of ketones is 1. The molecule has 162 valence electrons. The number of nitrogens with zero attached hydrogens (tertiary/aromatic N) is 1. The summed E-state index contributed by atoms with van der Waals surface area (Å²) < 4.78 is 1.64. The van der Waals surface area contributed by atoms with Crippen LogP contribution in [-0.2, 0) is 11.3 Å². The normalized spacial score (nSPS) is 11.0. The van der Waals surface area contributed by atoms with E-state index in [-0.39, 0.29) is 23.0 Å². The molecule has 0 aliphatic rings. The third-order valence-corrected chi connectivity index (χ3v) is 6.06. The molecule has 32 heavy (non-hydrogen) atoms. The maximum Gasteiger partial charge on any atom is 0.296 e. The molecular weight excluding hydrogens is 494 g/mol. The van der Waals surface area contributed by atoms with Crippen molar-refractivity contribution in [2.45, 2.75) is 6.54 Å². The molecule has 0 saturated carbocycles. The summed E-state index contributed by atoms with van der Waals surface area (Å²) in [4.78, 5) is 25.8. The Morgan fingerprint density at radius 2 is 1.66 bits per heavy atom. The second kappa shape index (κ2) is 9.04. The lowest BCUT2D eigenvalue weighted by Crippen LogP contribution is -2.23. The number of hydrogen-bond acceptors (Lipinski definition) is 3. The topological polar surface area (TPSA) is 71.3 Å². The number of anilines is 1. The van der Waals surface area contributed by atoms with Gasteiger partial charge in [-0.1, -0.05) is 58.5 Å². The molecule has 0 aliphatic carbocycles. The number of Topliss-reactive ketones (excluding diaryl/α,β-unsaturated/α-hetero) is 1. The van der Waals surface area contributed by atoms with Crippen LogP contribution in [0.5, 0.6) is 5.75 Å². The lowest BCUT2D eigenvalue weighted by atomic mass is 10.1. The first kappa shape index (κ1) is 22.5. The number of carbonyl (C=O) groups excluding carboxylic acids is 2. The molecule has 5 nitrogen and oxygen atoms in total. The van der Waals surface area contributed by atoms with E-state index in [1.165, 1.54) is 18.2 Å². The van der Waals surface area contributed by atoms with Crippen molar-refractivity contribution in [3.63, 3.8) is 0 Å². The molecule has 1 aromatic heterocycles. The lowest BCUT2D eigenvalue weighted by molar-refractivity contribution is -0.112. The molecule has 4 aromatic rings. The van der Waals surface area contributed by atoms with Crippen LogP contribution in [0.1, 0.15) is 15.9 Å². The average Bonchev–Trinajstić information content (AvgIpc) is 3.00. The molecule has 0 saturated heterocycles. The number of rotatable bonds is 5. The molecule has 0 atom stereocenters. The minimum atomic E-state index is -0.888. The van der Waals surface area contributed by atoms with E-state index in [2.05, 4.69) is 5.32 Å². The summed E-state index contributed by atoms with van der Waals surface area (Å²) >= 11 is 24.8. The van der Waals surface area contributed by atoms with Gasteiger partial charge in [0.25, 0.3) is 11.7 Å². The van der Waals surface area contributed by atoms with Crippen LogP contribution in [-0.4, -0.2) is 21.4 Å². The fourth-order valence-corrected chi connectivity index (χ4v) is 4.37. The number of benzene rings is 3. The predicted octanol–water partition coefficient (Wildman–Crippen LogP) is 6.83. The SMILES string of the molecule is O=C(Nc1cccc(Cl)c1)C(=O)c1c(Cl)n(Cc2ccc(Cl)cc2Cl)c2ccc(O)cc12. The Kier molecular flexibility index (Phi) is 6.35. The lowest BCUT2D eigenvalue weighted by Gasteiger charge is -2.10. The summed E-state index contributed by atoms with van der Waals surface area (Å²) in [5.74, 6) is -1.81. The van der Waals surface area contributed by atoms with Crippen molar-refractivity contribution < 1.29 is 14.7 Å². The van der Waals surface area contributed by atoms with Crippen LogP contribution in [0.15, 0.2) is 60.7 Å². The molecule has 0 bridgehead atoms. The second-order valence-corrected chi connectivity index (χ2v) is 8.62. The van der Waals surface area contributed by atoms with Gasteiger partial charge in [0.15, 0.2) is 0 Å². The third kappa shape index (κ3) is 4.43. The van der Waals surface area contributed by atoms with E-state index in [1.807, 2.05) is 0 Å². The van der Waals surface area contributed by atoms with Gasteiger partial charge in [0.05, 0.1) is 17.6 Å². The number of fused-ring (bicyclic) bond motifs is 1. The molecule has 3 aromatic carbocycles. The van der Waals surface area contributed by atoms with Crippen molar-refractivity contribution in [1.82, 2.24) is 4.57 Å². The Morgan fingerprint density at radius 3 is 2.38 bits per heavy atom. The summed E-state index contributed by atoms with van der Waals surface area (Å²) in [5, 5.41) is 14.2. The zero-order chi connectivity index (χ0) is 23.0. The third-order valence-electron chi connectivity index (χ3n) is 4.84. The molecule has 1 amide bonds. The summed E-state index contributed by atoms with van der Waals surface area (Å²) in [6.07, 6.45) is 0. The summed E-state index contributed by atoms with van der Waals surface area (Å²) in [7, 11) is 0. The molecule has 0 radical (unpaired) electrons. The van der Waals surface area contributed by atoms with E-state index >= 15 is 0 Å². The van der Waals surface area contributed by atoms with Gasteiger partial charge in [-0.25, -0.2) is 0 Å². The van der Waals surface area contributed by atoms with Crippen molar-refractivity contribution in [2.24, 2.45) is 0 Å². The van der Waals surface area contributed by atoms with Gasteiger partial charge in [0.2, 0.25) is 0 Å². The van der Waals surface area contributed by atoms with Crippen molar-refractivity contribution in [2.75, 3.05) is 5.32 Å². The highest BCUT2D eigenvalue weighted by molar-refractivity contribution is 6.52. The Bertz CT molecular complexity index is 1380. The molecule has 4 rings (SSSR count). The number of aromatic nitrogens is 1. The number of nitrogens with one attached hydrogen (secondary N) is 1. The zero-order valence-electron chi connectivity index (χ0n) is 16.2. The fourth-order valence-electron chi connectivity index (χ4n) is 3.37. The second-order valence-electron chi connectivity index (χ2n) is 6.98. The molecule has 1 heterocycles. The first-order valence-electron chi connectivity index (χ1n) is 9.30. The average molecular weight is 508 g/mol. The number of hydrogen-bond donors (Lipinski definition) is 2. The van der Waals surface area contributed by atoms with E-state index < -0.39 is 11.7 Å². The highest BCUT2D eigenvalue weighted by Gasteiger charge is 2.27. The van der Waals surface area contributed by atoms with Crippen LogP contribution >= 0.6 is 46.4 Å². The van der Waals surface area contributed by atoms with E-state index in [0.29, 0.717) is 37.2 Å². The minimum Gasteiger partial charge on any atom is -0.508 e. The largest absolute Gasteiger partial charge is 0.508 e. The zero-order valence-corrected chi connectivity index (χ0v) is 19.2. The van der Waals surface area contributed by atoms with Gasteiger partial charge in [0, 0.05) is 26.1 Å². The Labute approximate surface area is 203 Å². The van der Waals surface area contributed by atoms with Gasteiger partial charge in [-0.15, -0.1) is 0 Å². The molecule has 2 N–H and O–H groups in total. The van der Waals surface area contributed by atoms with Crippen LogP contribution in [0.2, 0.25) is 20.2 Å². The van der Waals surface area contributed by atoms with Crippen LogP contribution < -0.4 is 5.32 Å². The van der Waals surface area contributed by atoms with Crippen molar-refractivity contribution >= 4 is 74.7 Å². The molecule has 9 heteroatoms. The monoisotopic (exact) mass is 506 g/mol. The van der Waals surface area contributed by atoms with Crippen LogP contribution in [0, 0.1) is 0 Å². The number of halogens is 4. The van der Waals surface area contributed by atoms with Gasteiger partial charge < -0.3 is 15.0 Å². The minimum absolute atomic E-state index is 0.0258. The van der Waals surface area contributed by atoms with Gasteiger partial charge in [-0.2, -0.15) is 0 Å². The fraction of sp³-hybridized carbons (Fsp3) is 0.0435. The highest BCUT2D eigenvalue weighted by atomic mass is 35.5. The maximum absolute atomic E-state index is 13.1. The number of phenols is 1. The number of aromatic hydroxyl groups is 1. The molecular formula is C23H14Cl4N2O3. The Morgan fingerprint density at radius 1 is 0.906 bits per heavy atom. The van der Waals surface area contributed by atoms with E-state index in [1.54, 1.807) is 47.0 Å². The van der Waals surface area contributed by atoms with Crippen LogP contribution in [0.3, 0.4) is 0 Å². The van der Waals surface area contributed by atoms with E-state index in [0.717, 1.165) is 0 Å². The van der Waals surface area contributed by atoms with Gasteiger partial charge >= 0.3 is 0 Å². The van der Waals surface area contributed by atoms with Gasteiger partial charge in [-0.05, 0) is 54.1 Å². The van der Waals surface area contributed by atoms with Crippen LogP contribution in [0.4, 0.5) is 5.69 Å². The Hall–Kier alpha value is -2.70. The first-order valence-corrected chi connectivity index (χ1v) is 10.8. The number of carbonyl (C=O) groups is 2. The van der Waals surface area contributed by atoms with Gasteiger partial charge in [0.1, 0.15) is 10.9 Å². The van der Waals surface area contributed by atoms with Crippen molar-refractivity contribution in [3.05, 3.63) is 92.0 Å². The summed E-state index contributed by atoms with van der Waals surface area (Å²) in [6.45, 7) is 0.222. The number of phenolic OH excluding ortho intramolecular Hbond substituents is 1. The van der Waals surface area contributed by atoms with E-state index in [4.69, 9.17) is 46.4 Å². The van der Waals surface area contributed by atoms with E-state index in [9.17, 15) is 14.7 Å². The van der Waals surface area contributed by atoms with Crippen molar-refractivity contribution in [3.8, 4) is 5.75 Å². The smallest absolute Gasteiger partial charge is 0.296 e. The molecule has 0 spiro atoms. The standard InChI is InChI=1S/C23H14Cl4N2O3/c24-13-2-1-3-15(8-13)28-23(32)21(31)20-17-10-16(30)6-7-19(17)29(22(20)27)11-12-4-5-14(25)9-18(12)26/h1-10,30H,11H2,(H,28,32). The first-order chi connectivity index (χ1) is 15.2. The summed E-state index contributed by atoms with van der Waals surface area (Å²) in [6, 6.07) is 15.9. The molecule has 0 fully saturated rings. The molecule has 0 unspecified atom stereocenters. The maximum atomic E-state index is 13.1. The highest BCUT2D eigenvalue weighted by Crippen LogP contribution is 2.35. The van der Waals surface area contributed by atoms with Gasteiger partial charge in [-0.3, -0.25) is 9.59 Å². The quantitative estimate of drug-likeness (QED) is 0.229. The molecule has 0 aliphatic heterocycles. The van der Waals surface area contributed by atoms with Crippen molar-refractivity contribution in [1.29, 1.82) is 0 Å². The Balaban J connectivity index is 1.77. The number of amides is 1. The summed E-state index contributed by atoms with van der Waals surface area (Å²) in [5.41, 5.74) is 1.61. The van der Waals surface area contributed by atoms with Crippen LogP contribution in [0.25, 0.3) is 10.9 Å². The predicted molar refractivity (Wildman–Crippen MR) is 129 cm³/mol.